The zero-order valence-corrected chi connectivity index (χ0v) is 11.5. The molecule has 19 heavy (non-hydrogen) atoms. The summed E-state index contributed by atoms with van der Waals surface area (Å²) in [7, 11) is 0. The molecule has 2 saturated heterocycles. The Kier molecular flexibility index (Phi) is 4.10. The number of hydrogen-bond donors (Lipinski definition) is 2. The lowest BCUT2D eigenvalue weighted by Crippen LogP contribution is -2.52. The number of ether oxygens (including phenoxy) is 1. The minimum atomic E-state index is -1.40. The van der Waals surface area contributed by atoms with Crippen LogP contribution in [-0.4, -0.2) is 60.3 Å². The maximum absolute atomic E-state index is 11.8. The van der Waals surface area contributed by atoms with Gasteiger partial charge in [0.15, 0.2) is 0 Å². The first kappa shape index (κ1) is 14.3. The summed E-state index contributed by atoms with van der Waals surface area (Å²) in [5.74, 6) is -1.58. The Bertz CT molecular complexity index is 370. The van der Waals surface area contributed by atoms with E-state index in [9.17, 15) is 9.59 Å². The van der Waals surface area contributed by atoms with Crippen LogP contribution in [-0.2, 0) is 14.3 Å². The predicted molar refractivity (Wildman–Crippen MR) is 68.8 cm³/mol. The molecule has 1 amide bonds. The Morgan fingerprint density at radius 3 is 2.89 bits per heavy atom. The number of carboxylic acid groups (broad SMARTS) is 1. The molecule has 2 fully saturated rings. The van der Waals surface area contributed by atoms with Crippen molar-refractivity contribution in [3.63, 3.8) is 0 Å². The van der Waals surface area contributed by atoms with E-state index in [4.69, 9.17) is 9.84 Å². The second kappa shape index (κ2) is 5.46. The summed E-state index contributed by atoms with van der Waals surface area (Å²) >= 11 is 0. The van der Waals surface area contributed by atoms with Gasteiger partial charge in [-0.1, -0.05) is 0 Å². The highest BCUT2D eigenvalue weighted by Gasteiger charge is 2.37. The van der Waals surface area contributed by atoms with Crippen LogP contribution in [0.2, 0.25) is 0 Å². The number of nitrogens with one attached hydrogen (secondary N) is 1. The van der Waals surface area contributed by atoms with Gasteiger partial charge in [-0.3, -0.25) is 14.5 Å². The molecule has 2 unspecified atom stereocenters. The molecule has 2 heterocycles. The molecule has 2 atom stereocenters. The summed E-state index contributed by atoms with van der Waals surface area (Å²) in [6.07, 6.45) is 2.35. The second-order valence-electron chi connectivity index (χ2n) is 5.89. The van der Waals surface area contributed by atoms with E-state index in [1.807, 2.05) is 0 Å². The van der Waals surface area contributed by atoms with Gasteiger partial charge in [0.1, 0.15) is 5.41 Å². The van der Waals surface area contributed by atoms with Crippen molar-refractivity contribution >= 4 is 11.9 Å². The van der Waals surface area contributed by atoms with Crippen molar-refractivity contribution in [2.45, 2.75) is 38.8 Å². The van der Waals surface area contributed by atoms with Crippen molar-refractivity contribution in [1.82, 2.24) is 10.2 Å². The van der Waals surface area contributed by atoms with E-state index in [0.29, 0.717) is 19.2 Å². The van der Waals surface area contributed by atoms with Gasteiger partial charge in [0.2, 0.25) is 5.91 Å². The van der Waals surface area contributed by atoms with Gasteiger partial charge in [-0.15, -0.1) is 0 Å². The highest BCUT2D eigenvalue weighted by atomic mass is 16.5. The fourth-order valence-electron chi connectivity index (χ4n) is 2.53. The van der Waals surface area contributed by atoms with Gasteiger partial charge < -0.3 is 15.2 Å². The van der Waals surface area contributed by atoms with E-state index in [1.165, 1.54) is 26.7 Å². The zero-order chi connectivity index (χ0) is 14.0. The first-order valence-electron chi connectivity index (χ1n) is 6.78. The molecule has 2 N–H and O–H groups in total. The summed E-state index contributed by atoms with van der Waals surface area (Å²) < 4.78 is 5.71. The summed E-state index contributed by atoms with van der Waals surface area (Å²) in [6, 6.07) is 0.530. The molecular formula is C13H22N2O4. The molecule has 2 rings (SSSR count). The van der Waals surface area contributed by atoms with Gasteiger partial charge in [-0.2, -0.15) is 0 Å². The Hall–Kier alpha value is -1.14. The minimum Gasteiger partial charge on any atom is -0.480 e. The SMILES string of the molecule is CC(C)(C(=O)O)C(=O)NCC1CN2CCCC2CO1. The molecule has 0 spiro atoms. The van der Waals surface area contributed by atoms with Gasteiger partial charge in [-0.25, -0.2) is 0 Å². The minimum absolute atomic E-state index is 0.0390. The van der Waals surface area contributed by atoms with Crippen LogP contribution in [0.5, 0.6) is 0 Å². The third-order valence-corrected chi connectivity index (χ3v) is 4.05. The van der Waals surface area contributed by atoms with Crippen molar-refractivity contribution in [3.8, 4) is 0 Å². The average molecular weight is 270 g/mol. The molecule has 6 heteroatoms. The maximum Gasteiger partial charge on any atom is 0.318 e. The van der Waals surface area contributed by atoms with Gasteiger partial charge in [0, 0.05) is 19.1 Å². The maximum atomic E-state index is 11.8. The van der Waals surface area contributed by atoms with Crippen molar-refractivity contribution in [3.05, 3.63) is 0 Å². The van der Waals surface area contributed by atoms with Gasteiger partial charge >= 0.3 is 5.97 Å². The highest BCUT2D eigenvalue weighted by molar-refractivity contribution is 6.00. The van der Waals surface area contributed by atoms with Gasteiger partial charge in [0.25, 0.3) is 0 Å². The lowest BCUT2D eigenvalue weighted by molar-refractivity contribution is -0.153. The van der Waals surface area contributed by atoms with Crippen LogP contribution in [0.15, 0.2) is 0 Å². The summed E-state index contributed by atoms with van der Waals surface area (Å²) in [4.78, 5) is 25.2. The molecule has 0 saturated carbocycles. The predicted octanol–water partition coefficient (Wildman–Crippen LogP) is 0.0766. The Labute approximate surface area is 113 Å². The van der Waals surface area contributed by atoms with Crippen molar-refractivity contribution in [2.24, 2.45) is 5.41 Å². The van der Waals surface area contributed by atoms with E-state index < -0.39 is 17.3 Å². The first-order valence-corrected chi connectivity index (χ1v) is 6.78. The van der Waals surface area contributed by atoms with Crippen molar-refractivity contribution < 1.29 is 19.4 Å². The summed E-state index contributed by atoms with van der Waals surface area (Å²) in [6.45, 7) is 5.81. The molecule has 0 radical (unpaired) electrons. The number of carboxylic acids is 1. The molecule has 108 valence electrons. The smallest absolute Gasteiger partial charge is 0.318 e. The lowest BCUT2D eigenvalue weighted by Gasteiger charge is -2.35. The first-order chi connectivity index (χ1) is 8.91. The van der Waals surface area contributed by atoms with E-state index >= 15 is 0 Å². The monoisotopic (exact) mass is 270 g/mol. The number of carbonyl (C=O) groups excluding carboxylic acids is 1. The largest absolute Gasteiger partial charge is 0.480 e. The number of nitrogens with zero attached hydrogens (tertiary/aromatic N) is 1. The van der Waals surface area contributed by atoms with Crippen LogP contribution in [0.4, 0.5) is 0 Å². The van der Waals surface area contributed by atoms with E-state index in [2.05, 4.69) is 10.2 Å². The summed E-state index contributed by atoms with van der Waals surface area (Å²) in [5.41, 5.74) is -1.40. The normalized spacial score (nSPS) is 27.9. The fraction of sp³-hybridized carbons (Fsp3) is 0.846. The number of aliphatic carboxylic acids is 1. The fourth-order valence-corrected chi connectivity index (χ4v) is 2.53. The number of amides is 1. The van der Waals surface area contributed by atoms with Crippen molar-refractivity contribution in [1.29, 1.82) is 0 Å². The Balaban J connectivity index is 1.80. The Morgan fingerprint density at radius 1 is 1.47 bits per heavy atom. The molecule has 0 bridgehead atoms. The molecule has 2 aliphatic rings. The highest BCUT2D eigenvalue weighted by Crippen LogP contribution is 2.22. The van der Waals surface area contributed by atoms with Crippen LogP contribution >= 0.6 is 0 Å². The number of morpholine rings is 1. The molecule has 6 nitrogen and oxygen atoms in total. The molecule has 0 aromatic carbocycles. The zero-order valence-electron chi connectivity index (χ0n) is 11.5. The molecule has 2 aliphatic heterocycles. The molecule has 0 aliphatic carbocycles. The summed E-state index contributed by atoms with van der Waals surface area (Å²) in [5, 5.41) is 11.7. The third-order valence-electron chi connectivity index (χ3n) is 4.05. The third kappa shape index (κ3) is 3.06. The Morgan fingerprint density at radius 2 is 2.21 bits per heavy atom. The van der Waals surface area contributed by atoms with Crippen LogP contribution in [0.25, 0.3) is 0 Å². The van der Waals surface area contributed by atoms with Crippen LogP contribution in [0, 0.1) is 5.41 Å². The van der Waals surface area contributed by atoms with E-state index in [0.717, 1.165) is 13.1 Å². The number of hydrogen-bond acceptors (Lipinski definition) is 4. The number of fused-ring (bicyclic) bond motifs is 1. The van der Waals surface area contributed by atoms with E-state index in [-0.39, 0.29) is 6.10 Å². The number of rotatable bonds is 4. The van der Waals surface area contributed by atoms with Crippen LogP contribution < -0.4 is 5.32 Å². The molecular weight excluding hydrogens is 248 g/mol. The lowest BCUT2D eigenvalue weighted by atomic mass is 9.92. The van der Waals surface area contributed by atoms with Crippen LogP contribution in [0.3, 0.4) is 0 Å². The average Bonchev–Trinajstić information content (AvgIpc) is 2.82. The second-order valence-corrected chi connectivity index (χ2v) is 5.89. The van der Waals surface area contributed by atoms with Gasteiger partial charge in [0.05, 0.1) is 12.7 Å². The number of carbonyl (C=O) groups is 2. The van der Waals surface area contributed by atoms with Gasteiger partial charge in [-0.05, 0) is 33.2 Å². The topological polar surface area (TPSA) is 78.9 Å². The molecule has 0 aromatic heterocycles. The van der Waals surface area contributed by atoms with Crippen LogP contribution in [0.1, 0.15) is 26.7 Å². The molecule has 0 aromatic rings. The van der Waals surface area contributed by atoms with E-state index in [1.54, 1.807) is 0 Å². The quantitative estimate of drug-likeness (QED) is 0.707. The standard InChI is InChI=1S/C13H22N2O4/c1-13(2,12(17)18)11(16)14-6-10-7-15-5-3-4-9(15)8-19-10/h9-10H,3-8H2,1-2H3,(H,14,16)(H,17,18). The van der Waals surface area contributed by atoms with Crippen molar-refractivity contribution in [2.75, 3.05) is 26.2 Å².